The highest BCUT2D eigenvalue weighted by molar-refractivity contribution is 7.12. The molecule has 0 fully saturated rings. The second-order valence-corrected chi connectivity index (χ2v) is 5.58. The van der Waals surface area contributed by atoms with Crippen LogP contribution in [0, 0.1) is 6.92 Å². The van der Waals surface area contributed by atoms with Gasteiger partial charge in [0.15, 0.2) is 0 Å². The van der Waals surface area contributed by atoms with Gasteiger partial charge in [0.1, 0.15) is 12.4 Å². The van der Waals surface area contributed by atoms with Crippen LogP contribution >= 0.6 is 22.9 Å². The van der Waals surface area contributed by atoms with E-state index in [9.17, 15) is 0 Å². The number of nitrogens with two attached hydrogens (primary N) is 1. The number of aryl methyl sites for hydroxylation is 1. The Labute approximate surface area is 110 Å². The van der Waals surface area contributed by atoms with Crippen LogP contribution in [0.3, 0.4) is 0 Å². The van der Waals surface area contributed by atoms with E-state index >= 15 is 0 Å². The van der Waals surface area contributed by atoms with Crippen LogP contribution in [0.4, 0.5) is 0 Å². The SMILES string of the molecule is Cc1ccc(C(N)COc2ccc(Cl)cc2)s1. The highest BCUT2D eigenvalue weighted by Gasteiger charge is 2.08. The standard InChI is InChI=1S/C13H14ClNOS/c1-9-2-7-13(17-9)12(15)8-16-11-5-3-10(14)4-6-11/h2-7,12H,8,15H2,1H3. The Hall–Kier alpha value is -1.03. The zero-order chi connectivity index (χ0) is 12.3. The zero-order valence-electron chi connectivity index (χ0n) is 9.52. The van der Waals surface area contributed by atoms with Crippen molar-refractivity contribution in [3.8, 4) is 5.75 Å². The number of thiophene rings is 1. The van der Waals surface area contributed by atoms with Gasteiger partial charge >= 0.3 is 0 Å². The molecule has 2 N–H and O–H groups in total. The molecule has 0 radical (unpaired) electrons. The number of hydrogen-bond acceptors (Lipinski definition) is 3. The van der Waals surface area contributed by atoms with Crippen molar-refractivity contribution >= 4 is 22.9 Å². The van der Waals surface area contributed by atoms with E-state index in [0.29, 0.717) is 11.6 Å². The fraction of sp³-hybridized carbons (Fsp3) is 0.231. The molecule has 0 saturated carbocycles. The molecule has 0 spiro atoms. The predicted molar refractivity (Wildman–Crippen MR) is 72.9 cm³/mol. The van der Waals surface area contributed by atoms with Crippen molar-refractivity contribution in [2.24, 2.45) is 5.73 Å². The Kier molecular flexibility index (Phi) is 4.05. The normalized spacial score (nSPS) is 12.4. The van der Waals surface area contributed by atoms with Gasteiger partial charge in [0, 0.05) is 14.8 Å². The topological polar surface area (TPSA) is 35.2 Å². The summed E-state index contributed by atoms with van der Waals surface area (Å²) in [5.74, 6) is 0.790. The van der Waals surface area contributed by atoms with E-state index in [1.165, 1.54) is 4.88 Å². The molecule has 1 unspecified atom stereocenters. The molecule has 2 rings (SSSR count). The summed E-state index contributed by atoms with van der Waals surface area (Å²) in [5, 5.41) is 0.704. The first kappa shape index (κ1) is 12.4. The van der Waals surface area contributed by atoms with Crippen molar-refractivity contribution in [2.75, 3.05) is 6.61 Å². The minimum Gasteiger partial charge on any atom is -0.492 e. The van der Waals surface area contributed by atoms with Crippen molar-refractivity contribution in [1.29, 1.82) is 0 Å². The quantitative estimate of drug-likeness (QED) is 0.915. The van der Waals surface area contributed by atoms with Crippen molar-refractivity contribution in [2.45, 2.75) is 13.0 Å². The van der Waals surface area contributed by atoms with Crippen LogP contribution < -0.4 is 10.5 Å². The van der Waals surface area contributed by atoms with Gasteiger partial charge in [0.25, 0.3) is 0 Å². The maximum Gasteiger partial charge on any atom is 0.119 e. The van der Waals surface area contributed by atoms with Crippen LogP contribution in [-0.4, -0.2) is 6.61 Å². The van der Waals surface area contributed by atoms with Crippen molar-refractivity contribution < 1.29 is 4.74 Å². The van der Waals surface area contributed by atoms with Crippen LogP contribution in [0.2, 0.25) is 5.02 Å². The molecule has 2 aromatic rings. The number of halogens is 1. The smallest absolute Gasteiger partial charge is 0.119 e. The Morgan fingerprint density at radius 2 is 1.94 bits per heavy atom. The molecule has 0 amide bonds. The maximum atomic E-state index is 6.05. The fourth-order valence-corrected chi connectivity index (χ4v) is 2.44. The Morgan fingerprint density at radius 3 is 2.53 bits per heavy atom. The minimum atomic E-state index is -0.0793. The lowest BCUT2D eigenvalue weighted by Crippen LogP contribution is -2.17. The average Bonchev–Trinajstić information content (AvgIpc) is 2.75. The van der Waals surface area contributed by atoms with Crippen LogP contribution in [0.1, 0.15) is 15.8 Å². The molecule has 17 heavy (non-hydrogen) atoms. The van der Waals surface area contributed by atoms with Crippen LogP contribution in [0.25, 0.3) is 0 Å². The molecule has 1 aromatic carbocycles. The van der Waals surface area contributed by atoms with Crippen LogP contribution in [-0.2, 0) is 0 Å². The molecule has 0 aliphatic heterocycles. The van der Waals surface area contributed by atoms with Crippen LogP contribution in [0.5, 0.6) is 5.75 Å². The van der Waals surface area contributed by atoms with Crippen molar-refractivity contribution in [3.05, 3.63) is 51.2 Å². The molecular weight excluding hydrogens is 254 g/mol. The summed E-state index contributed by atoms with van der Waals surface area (Å²) in [6.07, 6.45) is 0. The first-order valence-electron chi connectivity index (χ1n) is 5.35. The Morgan fingerprint density at radius 1 is 1.24 bits per heavy atom. The van der Waals surface area contributed by atoms with E-state index in [0.717, 1.165) is 10.6 Å². The summed E-state index contributed by atoms with van der Waals surface area (Å²) in [6.45, 7) is 2.54. The minimum absolute atomic E-state index is 0.0793. The highest BCUT2D eigenvalue weighted by Crippen LogP contribution is 2.22. The van der Waals surface area contributed by atoms with Gasteiger partial charge in [-0.25, -0.2) is 0 Å². The van der Waals surface area contributed by atoms with Gasteiger partial charge in [-0.2, -0.15) is 0 Å². The summed E-state index contributed by atoms with van der Waals surface area (Å²) in [7, 11) is 0. The van der Waals surface area contributed by atoms with E-state index in [2.05, 4.69) is 19.1 Å². The molecular formula is C13H14ClNOS. The van der Waals surface area contributed by atoms with E-state index in [-0.39, 0.29) is 6.04 Å². The first-order chi connectivity index (χ1) is 8.15. The van der Waals surface area contributed by atoms with E-state index < -0.39 is 0 Å². The number of ether oxygens (including phenoxy) is 1. The molecule has 0 bridgehead atoms. The molecule has 1 heterocycles. The van der Waals surface area contributed by atoms with E-state index in [1.54, 1.807) is 23.5 Å². The van der Waals surface area contributed by atoms with Gasteiger partial charge in [0.05, 0.1) is 6.04 Å². The summed E-state index contributed by atoms with van der Waals surface area (Å²) in [5.41, 5.74) is 6.05. The lowest BCUT2D eigenvalue weighted by atomic mass is 10.2. The second-order valence-electron chi connectivity index (χ2n) is 3.82. The molecule has 90 valence electrons. The molecule has 4 heteroatoms. The van der Waals surface area contributed by atoms with Gasteiger partial charge in [-0.3, -0.25) is 0 Å². The predicted octanol–water partition coefficient (Wildman–Crippen LogP) is 3.79. The molecule has 1 atom stereocenters. The number of rotatable bonds is 4. The largest absolute Gasteiger partial charge is 0.492 e. The number of benzene rings is 1. The summed E-state index contributed by atoms with van der Waals surface area (Å²) in [4.78, 5) is 2.42. The van der Waals surface area contributed by atoms with Gasteiger partial charge in [-0.1, -0.05) is 11.6 Å². The van der Waals surface area contributed by atoms with Crippen molar-refractivity contribution in [3.63, 3.8) is 0 Å². The molecule has 0 aliphatic carbocycles. The average molecular weight is 268 g/mol. The van der Waals surface area contributed by atoms with E-state index in [4.69, 9.17) is 22.1 Å². The zero-order valence-corrected chi connectivity index (χ0v) is 11.1. The highest BCUT2D eigenvalue weighted by atomic mass is 35.5. The molecule has 2 nitrogen and oxygen atoms in total. The third kappa shape index (κ3) is 3.46. The Bertz CT molecular complexity index is 480. The lowest BCUT2D eigenvalue weighted by Gasteiger charge is -2.11. The molecule has 0 saturated heterocycles. The number of hydrogen-bond donors (Lipinski definition) is 1. The maximum absolute atomic E-state index is 6.05. The summed E-state index contributed by atoms with van der Waals surface area (Å²) < 4.78 is 5.61. The summed E-state index contributed by atoms with van der Waals surface area (Å²) >= 11 is 7.50. The van der Waals surface area contributed by atoms with E-state index in [1.807, 2.05) is 12.1 Å². The fourth-order valence-electron chi connectivity index (χ4n) is 1.45. The lowest BCUT2D eigenvalue weighted by molar-refractivity contribution is 0.292. The second kappa shape index (κ2) is 5.54. The van der Waals surface area contributed by atoms with Crippen molar-refractivity contribution in [1.82, 2.24) is 0 Å². The molecule has 0 aliphatic rings. The first-order valence-corrected chi connectivity index (χ1v) is 6.55. The van der Waals surface area contributed by atoms with Crippen LogP contribution in [0.15, 0.2) is 36.4 Å². The molecule has 1 aromatic heterocycles. The van der Waals surface area contributed by atoms with Gasteiger partial charge in [0.2, 0.25) is 0 Å². The third-order valence-electron chi connectivity index (χ3n) is 2.37. The Balaban J connectivity index is 1.92. The summed E-state index contributed by atoms with van der Waals surface area (Å²) in [6, 6.07) is 11.3. The third-order valence-corrected chi connectivity index (χ3v) is 3.75. The van der Waals surface area contributed by atoms with Gasteiger partial charge in [-0.05, 0) is 43.3 Å². The van der Waals surface area contributed by atoms with Gasteiger partial charge in [-0.15, -0.1) is 11.3 Å². The monoisotopic (exact) mass is 267 g/mol. The van der Waals surface area contributed by atoms with Gasteiger partial charge < -0.3 is 10.5 Å².